The van der Waals surface area contributed by atoms with Gasteiger partial charge in [-0.3, -0.25) is 0 Å². The number of amidine groups is 1. The summed E-state index contributed by atoms with van der Waals surface area (Å²) in [4.78, 5) is 9.04. The quantitative estimate of drug-likeness (QED) is 0.732. The van der Waals surface area contributed by atoms with Crippen molar-refractivity contribution in [3.8, 4) is 0 Å². The Bertz CT molecular complexity index is 785. The molecule has 0 fully saturated rings. The fourth-order valence-electron chi connectivity index (χ4n) is 1.88. The Kier molecular flexibility index (Phi) is 1.67. The third kappa shape index (κ3) is 1.29. The van der Waals surface area contributed by atoms with E-state index in [1.165, 1.54) is 0 Å². The molecule has 0 saturated heterocycles. The summed E-state index contributed by atoms with van der Waals surface area (Å²) in [6.45, 7) is 0. The third-order valence-corrected chi connectivity index (χ3v) is 3.40. The number of aliphatic imine (C=N–C) groups is 1. The second-order valence-electron chi connectivity index (χ2n) is 3.80. The van der Waals surface area contributed by atoms with E-state index in [2.05, 4.69) is 20.2 Å². The molecule has 3 heterocycles. The van der Waals surface area contributed by atoms with Gasteiger partial charge in [-0.15, -0.1) is 0 Å². The largest absolute Gasteiger partial charge is 0.226 e. The molecule has 1 aromatic heterocycles. The highest BCUT2D eigenvalue weighted by Gasteiger charge is 2.13. The highest BCUT2D eigenvalue weighted by Crippen LogP contribution is 2.19. The number of thiophene rings is 1. The van der Waals surface area contributed by atoms with E-state index in [4.69, 9.17) is 0 Å². The Morgan fingerprint density at radius 1 is 1.06 bits per heavy atom. The first-order valence-corrected chi connectivity index (χ1v) is 6.09. The summed E-state index contributed by atoms with van der Waals surface area (Å²) in [5.74, 6) is 0.780. The van der Waals surface area contributed by atoms with Crippen LogP contribution in [-0.4, -0.2) is 5.84 Å². The molecular weight excluding hydrogens is 232 g/mol. The first kappa shape index (κ1) is 8.95. The molecule has 0 radical (unpaired) electrons. The van der Waals surface area contributed by atoms with Crippen molar-refractivity contribution in [1.29, 1.82) is 0 Å². The Morgan fingerprint density at radius 3 is 2.94 bits per heavy atom. The van der Waals surface area contributed by atoms with E-state index in [9.17, 15) is 0 Å². The summed E-state index contributed by atoms with van der Waals surface area (Å²) in [6.07, 6.45) is 1.74. The molecule has 0 atom stereocenters. The second-order valence-corrected chi connectivity index (χ2v) is 4.58. The SMILES string of the molecule is C1=c2cc3c(cc2N=N1)=NC(c1ccsc1)=N3. The number of benzene rings is 1. The molecule has 4 rings (SSSR count). The van der Waals surface area contributed by atoms with Gasteiger partial charge in [0, 0.05) is 16.2 Å². The van der Waals surface area contributed by atoms with E-state index >= 15 is 0 Å². The number of rotatable bonds is 1. The second kappa shape index (κ2) is 3.18. The highest BCUT2D eigenvalue weighted by molar-refractivity contribution is 7.08. The van der Waals surface area contributed by atoms with Gasteiger partial charge in [-0.2, -0.15) is 21.6 Å². The van der Waals surface area contributed by atoms with Crippen LogP contribution in [0.2, 0.25) is 0 Å². The zero-order valence-corrected chi connectivity index (χ0v) is 9.48. The van der Waals surface area contributed by atoms with Crippen LogP contribution in [-0.2, 0) is 0 Å². The number of fused-ring (bicyclic) bond motifs is 2. The summed E-state index contributed by atoms with van der Waals surface area (Å²) >= 11 is 1.65. The van der Waals surface area contributed by atoms with Gasteiger partial charge < -0.3 is 0 Å². The number of azo groups is 1. The molecule has 80 valence electrons. The molecule has 0 N–H and O–H groups in total. The van der Waals surface area contributed by atoms with Crippen LogP contribution in [0, 0.1) is 0 Å². The van der Waals surface area contributed by atoms with Crippen molar-refractivity contribution in [2.45, 2.75) is 0 Å². The van der Waals surface area contributed by atoms with Crippen LogP contribution in [0.3, 0.4) is 0 Å². The monoisotopic (exact) mass is 238 g/mol. The maximum Gasteiger partial charge on any atom is 0.161 e. The van der Waals surface area contributed by atoms with Crippen molar-refractivity contribution in [3.05, 3.63) is 45.1 Å². The predicted octanol–water partition coefficient (Wildman–Crippen LogP) is 2.29. The smallest absolute Gasteiger partial charge is 0.161 e. The van der Waals surface area contributed by atoms with Gasteiger partial charge in [-0.1, -0.05) is 0 Å². The van der Waals surface area contributed by atoms with Crippen LogP contribution in [0.15, 0.2) is 49.2 Å². The van der Waals surface area contributed by atoms with Gasteiger partial charge in [0.1, 0.15) is 0 Å². The molecule has 0 amide bonds. The van der Waals surface area contributed by atoms with E-state index in [0.717, 1.165) is 33.3 Å². The van der Waals surface area contributed by atoms with E-state index in [-0.39, 0.29) is 0 Å². The predicted molar refractivity (Wildman–Crippen MR) is 66.7 cm³/mol. The van der Waals surface area contributed by atoms with Crippen molar-refractivity contribution < 1.29 is 0 Å². The lowest BCUT2D eigenvalue weighted by atomic mass is 10.2. The van der Waals surface area contributed by atoms with Gasteiger partial charge >= 0.3 is 0 Å². The van der Waals surface area contributed by atoms with Crippen LogP contribution in [0.1, 0.15) is 5.56 Å². The van der Waals surface area contributed by atoms with Crippen LogP contribution in [0.25, 0.3) is 6.20 Å². The molecule has 2 aliphatic rings. The Morgan fingerprint density at radius 2 is 2.06 bits per heavy atom. The molecular formula is C12H6N4S. The van der Waals surface area contributed by atoms with Gasteiger partial charge in [0.25, 0.3) is 0 Å². The third-order valence-electron chi connectivity index (χ3n) is 2.72. The summed E-state index contributed by atoms with van der Waals surface area (Å²) in [5, 5.41) is 13.9. The molecule has 17 heavy (non-hydrogen) atoms. The molecule has 4 nitrogen and oxygen atoms in total. The highest BCUT2D eigenvalue weighted by atomic mass is 32.1. The van der Waals surface area contributed by atoms with Gasteiger partial charge in [0.05, 0.1) is 22.9 Å². The average molecular weight is 238 g/mol. The van der Waals surface area contributed by atoms with E-state index < -0.39 is 0 Å². The molecule has 0 bridgehead atoms. The summed E-state index contributed by atoms with van der Waals surface area (Å²) in [5.41, 5.74) is 2.83. The molecule has 0 saturated carbocycles. The van der Waals surface area contributed by atoms with Crippen LogP contribution >= 0.6 is 11.3 Å². The number of hydrogen-bond donors (Lipinski definition) is 0. The normalized spacial score (nSPS) is 14.9. The summed E-state index contributed by atoms with van der Waals surface area (Å²) in [7, 11) is 0. The van der Waals surface area contributed by atoms with Crippen molar-refractivity contribution in [2.24, 2.45) is 20.2 Å². The Labute approximate surface area is 100 Å². The first-order chi connectivity index (χ1) is 8.40. The first-order valence-electron chi connectivity index (χ1n) is 5.15. The maximum absolute atomic E-state index is 4.52. The number of nitrogens with zero attached hydrogens (tertiary/aromatic N) is 4. The van der Waals surface area contributed by atoms with Crippen molar-refractivity contribution >= 4 is 34.7 Å². The topological polar surface area (TPSA) is 49.4 Å². The molecule has 2 aromatic rings. The van der Waals surface area contributed by atoms with Crippen molar-refractivity contribution in [2.75, 3.05) is 0 Å². The van der Waals surface area contributed by atoms with E-state index in [1.54, 1.807) is 17.5 Å². The van der Waals surface area contributed by atoms with Gasteiger partial charge in [-0.25, -0.2) is 9.98 Å². The van der Waals surface area contributed by atoms with Crippen LogP contribution in [0.5, 0.6) is 0 Å². The lowest BCUT2D eigenvalue weighted by Gasteiger charge is -1.90. The van der Waals surface area contributed by atoms with E-state index in [1.807, 2.05) is 29.0 Å². The molecule has 0 aliphatic carbocycles. The van der Waals surface area contributed by atoms with Gasteiger partial charge in [-0.05, 0) is 23.6 Å². The molecule has 0 spiro atoms. The van der Waals surface area contributed by atoms with Gasteiger partial charge in [0.2, 0.25) is 0 Å². The summed E-state index contributed by atoms with van der Waals surface area (Å²) in [6, 6.07) is 5.94. The molecule has 5 heteroatoms. The van der Waals surface area contributed by atoms with Crippen molar-refractivity contribution in [3.63, 3.8) is 0 Å². The minimum Gasteiger partial charge on any atom is -0.226 e. The Balaban J connectivity index is 1.93. The Hall–Kier alpha value is -2.14. The van der Waals surface area contributed by atoms with Gasteiger partial charge in [0.15, 0.2) is 5.84 Å². The minimum absolute atomic E-state index is 0.780. The lowest BCUT2D eigenvalue weighted by Crippen LogP contribution is -2.06. The fraction of sp³-hybridized carbons (Fsp3) is 0. The zero-order valence-electron chi connectivity index (χ0n) is 8.66. The summed E-state index contributed by atoms with van der Waals surface area (Å²) < 4.78 is 0. The van der Waals surface area contributed by atoms with Crippen LogP contribution in [0.4, 0.5) is 11.4 Å². The standard InChI is InChI=1S/C12H6N4S/c1-2-17-6-7(1)12-14-10-3-8-5-13-16-9(8)4-11(10)15-12/h1-6H. The molecule has 0 unspecified atom stereocenters. The molecule has 2 aliphatic heterocycles. The maximum atomic E-state index is 4.52. The molecule has 1 aromatic carbocycles. The fourth-order valence-corrected chi connectivity index (χ4v) is 2.51. The lowest BCUT2D eigenvalue weighted by molar-refractivity contribution is 1.31. The average Bonchev–Trinajstić information content (AvgIpc) is 3.05. The van der Waals surface area contributed by atoms with Crippen molar-refractivity contribution in [1.82, 2.24) is 0 Å². The zero-order chi connectivity index (χ0) is 11.2. The van der Waals surface area contributed by atoms with Crippen LogP contribution < -0.4 is 10.6 Å². The minimum atomic E-state index is 0.780. The number of hydrogen-bond acceptors (Lipinski definition) is 5. The van der Waals surface area contributed by atoms with E-state index in [0.29, 0.717) is 0 Å².